The van der Waals surface area contributed by atoms with Gasteiger partial charge in [-0.15, -0.1) is 0 Å². The Kier molecular flexibility index (Phi) is 8.25. The SMILES string of the molecule is CC(C)=C1C=C(c2c(-c3cccc(C(F)F)n3)nn3c2CCC3)C=CC1=N/C=C(\C)OCCCCN. The van der Waals surface area contributed by atoms with Crippen LogP contribution in [-0.4, -0.2) is 33.6 Å². The summed E-state index contributed by atoms with van der Waals surface area (Å²) >= 11 is 0. The Morgan fingerprint density at radius 3 is 2.81 bits per heavy atom. The van der Waals surface area contributed by atoms with Gasteiger partial charge in [0.2, 0.25) is 0 Å². The van der Waals surface area contributed by atoms with Crippen LogP contribution in [0.4, 0.5) is 8.78 Å². The summed E-state index contributed by atoms with van der Waals surface area (Å²) < 4.78 is 34.4. The average Bonchev–Trinajstić information content (AvgIpc) is 3.47. The molecule has 4 rings (SSSR count). The first kappa shape index (κ1) is 25.7. The van der Waals surface area contributed by atoms with Crippen molar-refractivity contribution in [2.24, 2.45) is 10.7 Å². The Morgan fingerprint density at radius 2 is 2.06 bits per heavy atom. The third-order valence-corrected chi connectivity index (χ3v) is 6.22. The molecule has 190 valence electrons. The summed E-state index contributed by atoms with van der Waals surface area (Å²) in [4.78, 5) is 8.91. The number of rotatable bonds is 9. The molecule has 0 bridgehead atoms. The number of aromatic nitrogens is 3. The highest BCUT2D eigenvalue weighted by Crippen LogP contribution is 2.37. The van der Waals surface area contributed by atoms with Crippen molar-refractivity contribution in [1.82, 2.24) is 14.8 Å². The van der Waals surface area contributed by atoms with E-state index in [2.05, 4.69) is 29.9 Å². The predicted octanol–water partition coefficient (Wildman–Crippen LogP) is 6.18. The van der Waals surface area contributed by atoms with E-state index in [1.165, 1.54) is 6.07 Å². The second kappa shape index (κ2) is 11.6. The van der Waals surface area contributed by atoms with Crippen molar-refractivity contribution in [3.8, 4) is 11.4 Å². The van der Waals surface area contributed by atoms with Crippen LogP contribution in [0.15, 0.2) is 64.5 Å². The molecule has 0 saturated carbocycles. The Hall–Kier alpha value is -3.39. The largest absolute Gasteiger partial charge is 0.497 e. The monoisotopic (exact) mass is 493 g/mol. The van der Waals surface area contributed by atoms with Crippen LogP contribution in [0.2, 0.25) is 0 Å². The van der Waals surface area contributed by atoms with E-state index in [0.717, 1.165) is 71.7 Å². The van der Waals surface area contributed by atoms with E-state index in [1.54, 1.807) is 18.3 Å². The highest BCUT2D eigenvalue weighted by Gasteiger charge is 2.27. The van der Waals surface area contributed by atoms with Gasteiger partial charge in [0.15, 0.2) is 0 Å². The molecular formula is C28H33F2N5O. The van der Waals surface area contributed by atoms with Crippen LogP contribution in [0.3, 0.4) is 0 Å². The minimum absolute atomic E-state index is 0.244. The fourth-order valence-electron chi connectivity index (χ4n) is 4.40. The lowest BCUT2D eigenvalue weighted by Gasteiger charge is -2.15. The number of alkyl halides is 2. The Morgan fingerprint density at radius 1 is 1.22 bits per heavy atom. The van der Waals surface area contributed by atoms with E-state index >= 15 is 0 Å². The van der Waals surface area contributed by atoms with Crippen LogP contribution < -0.4 is 5.73 Å². The molecular weight excluding hydrogens is 460 g/mol. The lowest BCUT2D eigenvalue weighted by Crippen LogP contribution is -2.05. The van der Waals surface area contributed by atoms with Gasteiger partial charge in [-0.1, -0.05) is 17.7 Å². The van der Waals surface area contributed by atoms with Crippen molar-refractivity contribution in [3.05, 3.63) is 76.5 Å². The second-order valence-corrected chi connectivity index (χ2v) is 9.19. The smallest absolute Gasteiger partial charge is 0.280 e. The lowest BCUT2D eigenvalue weighted by atomic mass is 9.90. The summed E-state index contributed by atoms with van der Waals surface area (Å²) in [5.74, 6) is 0.748. The van der Waals surface area contributed by atoms with Crippen LogP contribution in [0.25, 0.3) is 17.0 Å². The Labute approximate surface area is 211 Å². The van der Waals surface area contributed by atoms with E-state index in [4.69, 9.17) is 15.6 Å². The van der Waals surface area contributed by atoms with Crippen molar-refractivity contribution in [2.45, 2.75) is 59.4 Å². The van der Waals surface area contributed by atoms with Crippen molar-refractivity contribution in [3.63, 3.8) is 0 Å². The molecule has 0 amide bonds. The van der Waals surface area contributed by atoms with Gasteiger partial charge in [0, 0.05) is 17.8 Å². The maximum Gasteiger partial charge on any atom is 0.280 e. The minimum atomic E-state index is -2.63. The van der Waals surface area contributed by atoms with Gasteiger partial charge in [-0.05, 0) is 88.4 Å². The van der Waals surface area contributed by atoms with E-state index in [1.807, 2.05) is 23.8 Å². The highest BCUT2D eigenvalue weighted by atomic mass is 19.3. The number of pyridine rings is 1. The number of allylic oxidation sites excluding steroid dienone is 7. The summed E-state index contributed by atoms with van der Waals surface area (Å²) in [5, 5.41) is 4.78. The van der Waals surface area contributed by atoms with Crippen molar-refractivity contribution < 1.29 is 13.5 Å². The van der Waals surface area contributed by atoms with Gasteiger partial charge in [-0.25, -0.2) is 13.8 Å². The van der Waals surface area contributed by atoms with Gasteiger partial charge >= 0.3 is 0 Å². The number of nitrogens with zero attached hydrogens (tertiary/aromatic N) is 4. The molecule has 0 saturated heterocycles. The van der Waals surface area contributed by atoms with Crippen molar-refractivity contribution in [1.29, 1.82) is 0 Å². The average molecular weight is 494 g/mol. The summed E-state index contributed by atoms with van der Waals surface area (Å²) in [7, 11) is 0. The highest BCUT2D eigenvalue weighted by molar-refractivity contribution is 6.16. The molecule has 0 radical (unpaired) electrons. The molecule has 2 aromatic heterocycles. The fraction of sp³-hybridized carbons (Fsp3) is 0.393. The van der Waals surface area contributed by atoms with Gasteiger partial charge in [-0.2, -0.15) is 5.10 Å². The summed E-state index contributed by atoms with van der Waals surface area (Å²) in [6, 6.07) is 4.71. The molecule has 0 unspecified atom stereocenters. The standard InChI is InChI=1S/C28H33F2N5O/c1-18(2)21-16-20(11-12-22(21)32-17-19(3)36-15-5-4-13-31)26-25-10-7-14-35(25)34-27(26)23-8-6-9-24(33-23)28(29)30/h6,8-9,11-12,16-17,28H,4-5,7,10,13-15,31H2,1-3H3/b19-17+,32-22?. The Bertz CT molecular complexity index is 1260. The Balaban J connectivity index is 1.68. The first-order valence-corrected chi connectivity index (χ1v) is 12.4. The molecule has 1 aliphatic carbocycles. The van der Waals surface area contributed by atoms with Crippen LogP contribution in [0.1, 0.15) is 63.4 Å². The van der Waals surface area contributed by atoms with Gasteiger partial charge in [0.25, 0.3) is 6.43 Å². The molecule has 1 aliphatic heterocycles. The quantitative estimate of drug-likeness (QED) is 0.334. The number of aryl methyl sites for hydroxylation is 1. The van der Waals surface area contributed by atoms with Crippen LogP contribution in [0, 0.1) is 0 Å². The van der Waals surface area contributed by atoms with Crippen LogP contribution >= 0.6 is 0 Å². The lowest BCUT2D eigenvalue weighted by molar-refractivity contribution is 0.146. The maximum atomic E-state index is 13.3. The summed E-state index contributed by atoms with van der Waals surface area (Å²) in [5.41, 5.74) is 12.4. The van der Waals surface area contributed by atoms with Gasteiger partial charge < -0.3 is 10.5 Å². The number of hydrogen-bond donors (Lipinski definition) is 1. The number of halogens is 2. The third kappa shape index (κ3) is 5.70. The van der Waals surface area contributed by atoms with Crippen LogP contribution in [0.5, 0.6) is 0 Å². The number of ether oxygens (including phenoxy) is 1. The molecule has 2 aromatic rings. The molecule has 2 N–H and O–H groups in total. The predicted molar refractivity (Wildman–Crippen MR) is 140 cm³/mol. The van der Waals surface area contributed by atoms with Gasteiger partial charge in [0.1, 0.15) is 17.1 Å². The molecule has 0 spiro atoms. The zero-order valence-corrected chi connectivity index (χ0v) is 21.1. The zero-order valence-electron chi connectivity index (χ0n) is 21.1. The molecule has 0 aromatic carbocycles. The van der Waals surface area contributed by atoms with E-state index < -0.39 is 6.43 Å². The zero-order chi connectivity index (χ0) is 25.7. The van der Waals surface area contributed by atoms with E-state index in [-0.39, 0.29) is 5.69 Å². The molecule has 2 aliphatic rings. The van der Waals surface area contributed by atoms with Gasteiger partial charge in [-0.3, -0.25) is 9.67 Å². The normalized spacial score (nSPS) is 16.6. The molecule has 36 heavy (non-hydrogen) atoms. The number of nitrogens with two attached hydrogens (primary N) is 1. The first-order valence-electron chi connectivity index (χ1n) is 12.4. The first-order chi connectivity index (χ1) is 17.4. The number of fused-ring (bicyclic) bond motifs is 1. The summed E-state index contributed by atoms with van der Waals surface area (Å²) in [6.45, 7) is 8.09. The number of aliphatic imine (C=N–C) groups is 1. The molecule has 3 heterocycles. The molecule has 8 heteroatoms. The second-order valence-electron chi connectivity index (χ2n) is 9.19. The molecule has 0 fully saturated rings. The number of unbranched alkanes of at least 4 members (excludes halogenated alkanes) is 1. The number of hydrogen-bond acceptors (Lipinski definition) is 5. The van der Waals surface area contributed by atoms with E-state index in [0.29, 0.717) is 24.5 Å². The topological polar surface area (TPSA) is 78.3 Å². The minimum Gasteiger partial charge on any atom is -0.497 e. The van der Waals surface area contributed by atoms with Crippen molar-refractivity contribution in [2.75, 3.05) is 13.2 Å². The van der Waals surface area contributed by atoms with Crippen LogP contribution in [-0.2, 0) is 17.7 Å². The molecule has 6 nitrogen and oxygen atoms in total. The fourth-order valence-corrected chi connectivity index (χ4v) is 4.40. The maximum absolute atomic E-state index is 13.3. The molecule has 0 atom stereocenters. The van der Waals surface area contributed by atoms with E-state index in [9.17, 15) is 8.78 Å². The summed E-state index contributed by atoms with van der Waals surface area (Å²) in [6.07, 6.45) is 8.97. The van der Waals surface area contributed by atoms with Gasteiger partial charge in [0.05, 0.1) is 24.2 Å². The third-order valence-electron chi connectivity index (χ3n) is 6.22. The van der Waals surface area contributed by atoms with Crippen molar-refractivity contribution >= 4 is 11.3 Å².